The SMILES string of the molecule is CCCc1cc(C(=O)N2CC[C@H](O)C2)cc(Cl)n1. The van der Waals surface area contributed by atoms with E-state index in [1.54, 1.807) is 17.0 Å². The lowest BCUT2D eigenvalue weighted by Crippen LogP contribution is -2.29. The monoisotopic (exact) mass is 268 g/mol. The highest BCUT2D eigenvalue weighted by atomic mass is 35.5. The van der Waals surface area contributed by atoms with E-state index < -0.39 is 6.10 Å². The Morgan fingerprint density at radius 2 is 2.39 bits per heavy atom. The highest BCUT2D eigenvalue weighted by molar-refractivity contribution is 6.29. The summed E-state index contributed by atoms with van der Waals surface area (Å²) in [6.07, 6.45) is 2.01. The Hall–Kier alpha value is -1.13. The highest BCUT2D eigenvalue weighted by Gasteiger charge is 2.25. The van der Waals surface area contributed by atoms with E-state index in [4.69, 9.17) is 11.6 Å². The Kier molecular flexibility index (Phi) is 4.19. The second kappa shape index (κ2) is 5.67. The molecule has 1 atom stereocenters. The minimum absolute atomic E-state index is 0.0757. The number of amides is 1. The lowest BCUT2D eigenvalue weighted by Gasteiger charge is -2.16. The maximum absolute atomic E-state index is 12.2. The zero-order valence-corrected chi connectivity index (χ0v) is 11.2. The number of aromatic nitrogens is 1. The van der Waals surface area contributed by atoms with Gasteiger partial charge in [0.1, 0.15) is 5.15 Å². The van der Waals surface area contributed by atoms with E-state index in [0.29, 0.717) is 30.2 Å². The molecule has 5 heteroatoms. The van der Waals surface area contributed by atoms with Crippen LogP contribution in [0, 0.1) is 0 Å². The standard InChI is InChI=1S/C13H17ClN2O2/c1-2-3-10-6-9(7-12(14)15-10)13(18)16-5-4-11(17)8-16/h6-7,11,17H,2-5,8H2,1H3/t11-/m0/s1. The molecule has 0 saturated carbocycles. The van der Waals surface area contributed by atoms with Crippen LogP contribution < -0.4 is 0 Å². The number of aryl methyl sites for hydroxylation is 1. The first-order valence-electron chi connectivity index (χ1n) is 6.24. The van der Waals surface area contributed by atoms with Gasteiger partial charge in [-0.2, -0.15) is 0 Å². The molecule has 0 aromatic carbocycles. The normalized spacial score (nSPS) is 19.3. The number of hydrogen-bond acceptors (Lipinski definition) is 3. The van der Waals surface area contributed by atoms with Crippen LogP contribution in [0.3, 0.4) is 0 Å². The zero-order chi connectivity index (χ0) is 13.1. The minimum atomic E-state index is -0.402. The molecule has 98 valence electrons. The Balaban J connectivity index is 2.19. The molecule has 1 fully saturated rings. The van der Waals surface area contributed by atoms with E-state index in [9.17, 15) is 9.90 Å². The summed E-state index contributed by atoms with van der Waals surface area (Å²) >= 11 is 5.93. The predicted octanol–water partition coefficient (Wildman–Crippen LogP) is 1.89. The maximum atomic E-state index is 12.2. The van der Waals surface area contributed by atoms with E-state index in [0.717, 1.165) is 18.5 Å². The minimum Gasteiger partial charge on any atom is -0.391 e. The predicted molar refractivity (Wildman–Crippen MR) is 69.8 cm³/mol. The van der Waals surface area contributed by atoms with Crippen molar-refractivity contribution in [3.8, 4) is 0 Å². The molecule has 1 N–H and O–H groups in total. The van der Waals surface area contributed by atoms with E-state index in [2.05, 4.69) is 11.9 Å². The molecule has 0 radical (unpaired) electrons. The number of likely N-dealkylation sites (tertiary alicyclic amines) is 1. The summed E-state index contributed by atoms with van der Waals surface area (Å²) in [5.41, 5.74) is 1.40. The molecule has 0 spiro atoms. The Labute approximate surface area is 112 Å². The smallest absolute Gasteiger partial charge is 0.254 e. The van der Waals surface area contributed by atoms with Crippen molar-refractivity contribution < 1.29 is 9.90 Å². The first-order valence-corrected chi connectivity index (χ1v) is 6.61. The van der Waals surface area contributed by atoms with Gasteiger partial charge >= 0.3 is 0 Å². The lowest BCUT2D eigenvalue weighted by molar-refractivity contribution is 0.0764. The van der Waals surface area contributed by atoms with Gasteiger partial charge < -0.3 is 10.0 Å². The van der Waals surface area contributed by atoms with Crippen molar-refractivity contribution in [3.63, 3.8) is 0 Å². The fourth-order valence-electron chi connectivity index (χ4n) is 2.17. The van der Waals surface area contributed by atoms with Crippen LogP contribution in [-0.4, -0.2) is 40.1 Å². The van der Waals surface area contributed by atoms with Crippen LogP contribution in [-0.2, 0) is 6.42 Å². The van der Waals surface area contributed by atoms with Crippen molar-refractivity contribution in [3.05, 3.63) is 28.5 Å². The molecule has 18 heavy (non-hydrogen) atoms. The van der Waals surface area contributed by atoms with Crippen molar-refractivity contribution >= 4 is 17.5 Å². The number of carbonyl (C=O) groups excluding carboxylic acids is 1. The number of nitrogens with zero attached hydrogens (tertiary/aromatic N) is 2. The number of aliphatic hydroxyl groups is 1. The van der Waals surface area contributed by atoms with Crippen LogP contribution in [0.4, 0.5) is 0 Å². The maximum Gasteiger partial charge on any atom is 0.254 e. The van der Waals surface area contributed by atoms with Crippen LogP contribution >= 0.6 is 11.6 Å². The molecule has 1 aromatic rings. The summed E-state index contributed by atoms with van der Waals surface area (Å²) in [6.45, 7) is 3.06. The largest absolute Gasteiger partial charge is 0.391 e. The molecule has 1 amide bonds. The summed E-state index contributed by atoms with van der Waals surface area (Å²) in [6, 6.07) is 3.39. The molecule has 4 nitrogen and oxygen atoms in total. The summed E-state index contributed by atoms with van der Waals surface area (Å²) in [7, 11) is 0. The number of rotatable bonds is 3. The van der Waals surface area contributed by atoms with E-state index >= 15 is 0 Å². The Morgan fingerprint density at radius 1 is 1.61 bits per heavy atom. The average molecular weight is 269 g/mol. The second-order valence-electron chi connectivity index (χ2n) is 4.61. The Morgan fingerprint density at radius 3 is 3.00 bits per heavy atom. The van der Waals surface area contributed by atoms with Gasteiger partial charge in [-0.25, -0.2) is 4.98 Å². The molecule has 1 aliphatic rings. The van der Waals surface area contributed by atoms with E-state index in [-0.39, 0.29) is 5.91 Å². The van der Waals surface area contributed by atoms with Crippen molar-refractivity contribution in [2.45, 2.75) is 32.3 Å². The number of β-amino-alcohol motifs (C(OH)–C–C–N with tert-alkyl or cyclic N) is 1. The molecule has 1 aliphatic heterocycles. The van der Waals surface area contributed by atoms with Gasteiger partial charge in [0.05, 0.1) is 6.10 Å². The van der Waals surface area contributed by atoms with Gasteiger partial charge in [-0.1, -0.05) is 24.9 Å². The lowest BCUT2D eigenvalue weighted by atomic mass is 10.1. The fraction of sp³-hybridized carbons (Fsp3) is 0.538. The summed E-state index contributed by atoms with van der Waals surface area (Å²) in [4.78, 5) is 18.1. The molecule has 1 saturated heterocycles. The average Bonchev–Trinajstić information content (AvgIpc) is 2.74. The summed E-state index contributed by atoms with van der Waals surface area (Å²) in [5, 5.41) is 9.81. The molecular weight excluding hydrogens is 252 g/mol. The molecule has 1 aromatic heterocycles. The van der Waals surface area contributed by atoms with Crippen molar-refractivity contribution in [1.82, 2.24) is 9.88 Å². The first kappa shape index (κ1) is 13.3. The number of hydrogen-bond donors (Lipinski definition) is 1. The fourth-order valence-corrected chi connectivity index (χ4v) is 2.39. The van der Waals surface area contributed by atoms with Gasteiger partial charge in [0, 0.05) is 24.3 Å². The van der Waals surface area contributed by atoms with Crippen LogP contribution in [0.25, 0.3) is 0 Å². The number of aliphatic hydroxyl groups excluding tert-OH is 1. The highest BCUT2D eigenvalue weighted by Crippen LogP contribution is 2.17. The van der Waals surface area contributed by atoms with Crippen molar-refractivity contribution in [2.24, 2.45) is 0 Å². The van der Waals surface area contributed by atoms with Crippen LogP contribution in [0.1, 0.15) is 35.8 Å². The van der Waals surface area contributed by atoms with Gasteiger partial charge in [0.2, 0.25) is 0 Å². The van der Waals surface area contributed by atoms with Gasteiger partial charge in [0.15, 0.2) is 0 Å². The molecule has 0 bridgehead atoms. The second-order valence-corrected chi connectivity index (χ2v) is 5.00. The first-order chi connectivity index (χ1) is 8.60. The van der Waals surface area contributed by atoms with Crippen LogP contribution in [0.15, 0.2) is 12.1 Å². The zero-order valence-electron chi connectivity index (χ0n) is 10.4. The van der Waals surface area contributed by atoms with Crippen LogP contribution in [0.2, 0.25) is 5.15 Å². The molecule has 0 aliphatic carbocycles. The van der Waals surface area contributed by atoms with Gasteiger partial charge in [-0.15, -0.1) is 0 Å². The summed E-state index contributed by atoms with van der Waals surface area (Å²) < 4.78 is 0. The van der Waals surface area contributed by atoms with Crippen molar-refractivity contribution in [2.75, 3.05) is 13.1 Å². The van der Waals surface area contributed by atoms with E-state index in [1.807, 2.05) is 0 Å². The van der Waals surface area contributed by atoms with Crippen molar-refractivity contribution in [1.29, 1.82) is 0 Å². The van der Waals surface area contributed by atoms with E-state index in [1.165, 1.54) is 0 Å². The number of halogens is 1. The third-order valence-corrected chi connectivity index (χ3v) is 3.24. The number of pyridine rings is 1. The Bertz CT molecular complexity index is 451. The molecule has 0 unspecified atom stereocenters. The van der Waals surface area contributed by atoms with Crippen LogP contribution in [0.5, 0.6) is 0 Å². The molecule has 2 heterocycles. The quantitative estimate of drug-likeness (QED) is 0.852. The topological polar surface area (TPSA) is 53.4 Å². The third kappa shape index (κ3) is 3.00. The van der Waals surface area contributed by atoms with Gasteiger partial charge in [-0.3, -0.25) is 4.79 Å². The third-order valence-electron chi connectivity index (χ3n) is 3.05. The van der Waals surface area contributed by atoms with Gasteiger partial charge in [-0.05, 0) is 25.0 Å². The number of carbonyl (C=O) groups is 1. The summed E-state index contributed by atoms with van der Waals surface area (Å²) in [5.74, 6) is -0.0757. The van der Waals surface area contributed by atoms with Gasteiger partial charge in [0.25, 0.3) is 5.91 Å². The molecular formula is C13H17ClN2O2. The molecule has 2 rings (SSSR count).